The zero-order valence-corrected chi connectivity index (χ0v) is 10.5. The SMILES string of the molecule is NC(/C1=C/CCCCCC1)c1cc(F)cc(F)c1. The van der Waals surface area contributed by atoms with E-state index < -0.39 is 11.6 Å². The van der Waals surface area contributed by atoms with Crippen LogP contribution in [-0.2, 0) is 0 Å². The molecule has 2 rings (SSSR count). The topological polar surface area (TPSA) is 26.0 Å². The molecule has 1 aliphatic rings. The van der Waals surface area contributed by atoms with E-state index in [9.17, 15) is 8.78 Å². The maximum Gasteiger partial charge on any atom is 0.126 e. The van der Waals surface area contributed by atoms with Crippen LogP contribution in [0.5, 0.6) is 0 Å². The monoisotopic (exact) mass is 251 g/mol. The van der Waals surface area contributed by atoms with Gasteiger partial charge in [-0.1, -0.05) is 24.5 Å². The van der Waals surface area contributed by atoms with Crippen molar-refractivity contribution in [2.24, 2.45) is 5.73 Å². The Morgan fingerprint density at radius 2 is 1.61 bits per heavy atom. The van der Waals surface area contributed by atoms with Crippen molar-refractivity contribution in [2.45, 2.75) is 44.6 Å². The molecule has 0 bridgehead atoms. The number of nitrogens with two attached hydrogens (primary N) is 1. The molecule has 2 N–H and O–H groups in total. The molecule has 1 aromatic carbocycles. The molecule has 0 spiro atoms. The first kappa shape index (κ1) is 13.2. The first-order chi connectivity index (χ1) is 8.66. The summed E-state index contributed by atoms with van der Waals surface area (Å²) >= 11 is 0. The molecular weight excluding hydrogens is 232 g/mol. The summed E-state index contributed by atoms with van der Waals surface area (Å²) in [6.45, 7) is 0. The van der Waals surface area contributed by atoms with Gasteiger partial charge in [0.05, 0.1) is 6.04 Å². The van der Waals surface area contributed by atoms with Crippen LogP contribution in [0, 0.1) is 11.6 Å². The van der Waals surface area contributed by atoms with E-state index in [1.54, 1.807) is 0 Å². The van der Waals surface area contributed by atoms with Gasteiger partial charge in [0.15, 0.2) is 0 Å². The van der Waals surface area contributed by atoms with E-state index in [1.807, 2.05) is 0 Å². The minimum Gasteiger partial charge on any atom is -0.321 e. The lowest BCUT2D eigenvalue weighted by Gasteiger charge is -2.19. The van der Waals surface area contributed by atoms with Gasteiger partial charge in [0.25, 0.3) is 0 Å². The van der Waals surface area contributed by atoms with E-state index in [2.05, 4.69) is 6.08 Å². The Kier molecular flexibility index (Phi) is 4.48. The predicted molar refractivity (Wildman–Crippen MR) is 69.1 cm³/mol. The highest BCUT2D eigenvalue weighted by molar-refractivity contribution is 5.29. The second kappa shape index (κ2) is 6.10. The fourth-order valence-corrected chi connectivity index (χ4v) is 2.47. The third-order valence-corrected chi connectivity index (χ3v) is 3.47. The van der Waals surface area contributed by atoms with Gasteiger partial charge in [-0.25, -0.2) is 8.78 Å². The zero-order chi connectivity index (χ0) is 13.0. The van der Waals surface area contributed by atoms with Gasteiger partial charge in [0, 0.05) is 6.07 Å². The van der Waals surface area contributed by atoms with Gasteiger partial charge in [0.2, 0.25) is 0 Å². The first-order valence-electron chi connectivity index (χ1n) is 6.57. The molecule has 98 valence electrons. The average molecular weight is 251 g/mol. The van der Waals surface area contributed by atoms with Crippen LogP contribution in [0.4, 0.5) is 8.78 Å². The number of halogens is 2. The number of hydrogen-bond donors (Lipinski definition) is 1. The van der Waals surface area contributed by atoms with E-state index in [0.29, 0.717) is 5.56 Å². The van der Waals surface area contributed by atoms with Crippen LogP contribution in [-0.4, -0.2) is 0 Å². The van der Waals surface area contributed by atoms with Gasteiger partial charge in [-0.2, -0.15) is 0 Å². The van der Waals surface area contributed by atoms with Crippen LogP contribution in [0.25, 0.3) is 0 Å². The number of allylic oxidation sites excluding steroid dienone is 1. The predicted octanol–water partition coefficient (Wildman–Crippen LogP) is 4.25. The fourth-order valence-electron chi connectivity index (χ4n) is 2.47. The Balaban J connectivity index is 2.20. The molecule has 0 saturated carbocycles. The average Bonchev–Trinajstić information content (AvgIpc) is 2.26. The number of benzene rings is 1. The summed E-state index contributed by atoms with van der Waals surface area (Å²) in [7, 11) is 0. The Hall–Kier alpha value is -1.22. The molecule has 0 heterocycles. The lowest BCUT2D eigenvalue weighted by Crippen LogP contribution is -2.14. The van der Waals surface area contributed by atoms with Crippen LogP contribution in [0.15, 0.2) is 29.8 Å². The summed E-state index contributed by atoms with van der Waals surface area (Å²) in [5, 5.41) is 0. The maximum absolute atomic E-state index is 13.2. The van der Waals surface area contributed by atoms with Crippen LogP contribution in [0.1, 0.15) is 50.1 Å². The molecule has 1 unspecified atom stereocenters. The zero-order valence-electron chi connectivity index (χ0n) is 10.5. The third kappa shape index (κ3) is 3.39. The normalized spacial score (nSPS) is 21.6. The quantitative estimate of drug-likeness (QED) is 0.781. The van der Waals surface area contributed by atoms with E-state index in [1.165, 1.54) is 31.4 Å². The van der Waals surface area contributed by atoms with E-state index in [-0.39, 0.29) is 6.04 Å². The summed E-state index contributed by atoms with van der Waals surface area (Å²) in [6, 6.07) is 3.15. The summed E-state index contributed by atoms with van der Waals surface area (Å²) < 4.78 is 26.4. The van der Waals surface area contributed by atoms with Gasteiger partial charge in [0.1, 0.15) is 11.6 Å². The van der Waals surface area contributed by atoms with Crippen molar-refractivity contribution in [3.8, 4) is 0 Å². The first-order valence-corrected chi connectivity index (χ1v) is 6.57. The molecule has 18 heavy (non-hydrogen) atoms. The van der Waals surface area contributed by atoms with Crippen molar-refractivity contribution in [3.63, 3.8) is 0 Å². The molecular formula is C15H19F2N. The largest absolute Gasteiger partial charge is 0.321 e. The summed E-state index contributed by atoms with van der Waals surface area (Å²) in [5.41, 5.74) is 7.76. The van der Waals surface area contributed by atoms with E-state index in [0.717, 1.165) is 30.9 Å². The minimum absolute atomic E-state index is 0.381. The lowest BCUT2D eigenvalue weighted by atomic mass is 9.91. The fraction of sp³-hybridized carbons (Fsp3) is 0.467. The van der Waals surface area contributed by atoms with Gasteiger partial charge in [-0.05, 0) is 43.4 Å². The number of hydrogen-bond acceptors (Lipinski definition) is 1. The van der Waals surface area contributed by atoms with Crippen LogP contribution < -0.4 is 5.73 Å². The van der Waals surface area contributed by atoms with Crippen molar-refractivity contribution in [1.82, 2.24) is 0 Å². The Morgan fingerprint density at radius 3 is 2.33 bits per heavy atom. The van der Waals surface area contributed by atoms with Gasteiger partial charge < -0.3 is 5.73 Å². The molecule has 0 aliphatic heterocycles. The highest BCUT2D eigenvalue weighted by Gasteiger charge is 2.14. The molecule has 1 atom stereocenters. The second-order valence-electron chi connectivity index (χ2n) is 4.91. The number of rotatable bonds is 2. The Bertz CT molecular complexity index is 420. The van der Waals surface area contributed by atoms with Crippen molar-refractivity contribution in [1.29, 1.82) is 0 Å². The highest BCUT2D eigenvalue weighted by atomic mass is 19.1. The molecule has 1 aromatic rings. The molecule has 0 saturated heterocycles. The summed E-state index contributed by atoms with van der Waals surface area (Å²) in [4.78, 5) is 0. The molecule has 0 amide bonds. The van der Waals surface area contributed by atoms with Crippen molar-refractivity contribution in [2.75, 3.05) is 0 Å². The van der Waals surface area contributed by atoms with Gasteiger partial charge in [-0.3, -0.25) is 0 Å². The summed E-state index contributed by atoms with van der Waals surface area (Å²) in [6.07, 6.45) is 8.84. The maximum atomic E-state index is 13.2. The molecule has 0 radical (unpaired) electrons. The third-order valence-electron chi connectivity index (χ3n) is 3.47. The second-order valence-corrected chi connectivity index (χ2v) is 4.91. The van der Waals surface area contributed by atoms with Crippen molar-refractivity contribution < 1.29 is 8.78 Å². The van der Waals surface area contributed by atoms with Crippen LogP contribution in [0.3, 0.4) is 0 Å². The van der Waals surface area contributed by atoms with E-state index in [4.69, 9.17) is 5.73 Å². The molecule has 0 fully saturated rings. The Morgan fingerprint density at radius 1 is 0.944 bits per heavy atom. The van der Waals surface area contributed by atoms with Crippen molar-refractivity contribution in [3.05, 3.63) is 47.0 Å². The van der Waals surface area contributed by atoms with E-state index >= 15 is 0 Å². The lowest BCUT2D eigenvalue weighted by molar-refractivity contribution is 0.571. The van der Waals surface area contributed by atoms with Gasteiger partial charge >= 0.3 is 0 Å². The Labute approximate surface area is 107 Å². The van der Waals surface area contributed by atoms with Crippen LogP contribution in [0.2, 0.25) is 0 Å². The smallest absolute Gasteiger partial charge is 0.126 e. The standard InChI is InChI=1S/C15H19F2N/c16-13-8-12(9-14(17)10-13)15(18)11-6-4-2-1-3-5-7-11/h6,8-10,15H,1-5,7,18H2/b11-6+. The minimum atomic E-state index is -0.563. The molecule has 3 heteroatoms. The highest BCUT2D eigenvalue weighted by Crippen LogP contribution is 2.27. The molecule has 1 nitrogen and oxygen atoms in total. The van der Waals surface area contributed by atoms with Gasteiger partial charge in [-0.15, -0.1) is 0 Å². The van der Waals surface area contributed by atoms with Crippen molar-refractivity contribution >= 4 is 0 Å². The van der Waals surface area contributed by atoms with Crippen LogP contribution >= 0.6 is 0 Å². The summed E-state index contributed by atoms with van der Waals surface area (Å²) in [5.74, 6) is -1.13. The molecule has 0 aromatic heterocycles. The molecule has 1 aliphatic carbocycles.